The second-order valence-corrected chi connectivity index (χ2v) is 4.19. The highest BCUT2D eigenvalue weighted by Gasteiger charge is 2.23. The second-order valence-electron chi connectivity index (χ2n) is 4.19. The molecular weight excluding hydrogens is 258 g/mol. The van der Waals surface area contributed by atoms with Crippen molar-refractivity contribution in [3.63, 3.8) is 0 Å². The predicted molar refractivity (Wildman–Crippen MR) is 64.2 cm³/mol. The highest BCUT2D eigenvalue weighted by Crippen LogP contribution is 2.19. The molecule has 0 fully saturated rings. The van der Waals surface area contributed by atoms with Gasteiger partial charge in [0.05, 0.1) is 12.7 Å². The minimum Gasteiger partial charge on any atom is -0.471 e. The number of nitrogens with zero attached hydrogens (tertiary/aromatic N) is 2. The van der Waals surface area contributed by atoms with Crippen LogP contribution < -0.4 is 4.74 Å². The van der Waals surface area contributed by atoms with Crippen LogP contribution in [-0.4, -0.2) is 42.6 Å². The number of hydrogen-bond donors (Lipinski definition) is 0. The van der Waals surface area contributed by atoms with Crippen LogP contribution in [-0.2, 0) is 4.84 Å². The van der Waals surface area contributed by atoms with Gasteiger partial charge in [0.15, 0.2) is 6.61 Å². The first-order chi connectivity index (χ1) is 8.74. The van der Waals surface area contributed by atoms with Crippen molar-refractivity contribution in [3.05, 3.63) is 23.4 Å². The Labute approximate surface area is 110 Å². The monoisotopic (exact) mass is 274 g/mol. The lowest BCUT2D eigenvalue weighted by atomic mass is 10.2. The Morgan fingerprint density at radius 1 is 1.53 bits per heavy atom. The lowest BCUT2D eigenvalue weighted by Gasteiger charge is -2.15. The van der Waals surface area contributed by atoms with E-state index in [1.165, 1.54) is 26.4 Å². The number of pyridine rings is 1. The number of ether oxygens (including phenoxy) is 1. The molecule has 0 bridgehead atoms. The molecule has 0 aliphatic rings. The van der Waals surface area contributed by atoms with E-state index in [0.29, 0.717) is 5.56 Å². The van der Waals surface area contributed by atoms with Gasteiger partial charge in [0, 0.05) is 25.7 Å². The molecule has 0 radical (unpaired) electrons. The Kier molecular flexibility index (Phi) is 4.77. The summed E-state index contributed by atoms with van der Waals surface area (Å²) in [5.74, 6) is -3.23. The average molecular weight is 274 g/mol. The summed E-state index contributed by atoms with van der Waals surface area (Å²) >= 11 is 0. The van der Waals surface area contributed by atoms with E-state index in [4.69, 9.17) is 9.57 Å². The Hall–Kier alpha value is -1.76. The number of hydrogen-bond acceptors (Lipinski definition) is 4. The molecule has 106 valence electrons. The summed E-state index contributed by atoms with van der Waals surface area (Å²) < 4.78 is 30.2. The molecule has 0 aliphatic carbocycles. The van der Waals surface area contributed by atoms with Gasteiger partial charge >= 0.3 is 0 Å². The standard InChI is InChI=1S/C12H16F2N2O3/c1-8-5-9(11(17)16(3)18-4)6-15-10(8)19-7-12(2,13)14/h5-6H,7H2,1-4H3. The molecular formula is C12H16F2N2O3. The number of alkyl halides is 2. The zero-order valence-corrected chi connectivity index (χ0v) is 11.2. The molecule has 1 rings (SSSR count). The lowest BCUT2D eigenvalue weighted by Crippen LogP contribution is -2.26. The molecule has 0 spiro atoms. The first kappa shape index (κ1) is 15.3. The second kappa shape index (κ2) is 5.92. The first-order valence-corrected chi connectivity index (χ1v) is 5.54. The predicted octanol–water partition coefficient (Wildman–Crippen LogP) is 2.06. The third-order valence-electron chi connectivity index (χ3n) is 2.30. The molecule has 0 aromatic carbocycles. The van der Waals surface area contributed by atoms with Crippen LogP contribution in [0.2, 0.25) is 0 Å². The Morgan fingerprint density at radius 3 is 2.63 bits per heavy atom. The SMILES string of the molecule is CON(C)C(=O)c1cnc(OCC(C)(F)F)c(C)c1. The van der Waals surface area contributed by atoms with E-state index in [9.17, 15) is 13.6 Å². The van der Waals surface area contributed by atoms with Crippen LogP contribution in [0.1, 0.15) is 22.8 Å². The van der Waals surface area contributed by atoms with E-state index >= 15 is 0 Å². The van der Waals surface area contributed by atoms with Crippen LogP contribution in [0.3, 0.4) is 0 Å². The number of carbonyl (C=O) groups excluding carboxylic acids is 1. The van der Waals surface area contributed by atoms with Crippen LogP contribution >= 0.6 is 0 Å². The van der Waals surface area contributed by atoms with Crippen LogP contribution in [0.5, 0.6) is 5.88 Å². The molecule has 5 nitrogen and oxygen atoms in total. The molecule has 1 amide bonds. The van der Waals surface area contributed by atoms with Crippen molar-refractivity contribution in [1.82, 2.24) is 10.0 Å². The van der Waals surface area contributed by atoms with Crippen molar-refractivity contribution in [1.29, 1.82) is 0 Å². The molecule has 1 aromatic heterocycles. The van der Waals surface area contributed by atoms with Gasteiger partial charge in [0.25, 0.3) is 11.8 Å². The maximum Gasteiger partial charge on any atom is 0.278 e. The van der Waals surface area contributed by atoms with Crippen molar-refractivity contribution in [3.8, 4) is 5.88 Å². The topological polar surface area (TPSA) is 51.7 Å². The number of aromatic nitrogens is 1. The van der Waals surface area contributed by atoms with Gasteiger partial charge in [0.1, 0.15) is 0 Å². The summed E-state index contributed by atoms with van der Waals surface area (Å²) in [4.78, 5) is 20.4. The van der Waals surface area contributed by atoms with Crippen LogP contribution in [0.15, 0.2) is 12.3 Å². The molecule has 0 N–H and O–H groups in total. The smallest absolute Gasteiger partial charge is 0.278 e. The maximum atomic E-state index is 12.7. The van der Waals surface area contributed by atoms with Gasteiger partial charge in [-0.05, 0) is 13.0 Å². The zero-order chi connectivity index (χ0) is 14.6. The number of amides is 1. The quantitative estimate of drug-likeness (QED) is 0.771. The van der Waals surface area contributed by atoms with Crippen molar-refractivity contribution in [2.24, 2.45) is 0 Å². The molecule has 0 atom stereocenters. The van der Waals surface area contributed by atoms with Gasteiger partial charge in [-0.3, -0.25) is 9.63 Å². The fraction of sp³-hybridized carbons (Fsp3) is 0.500. The molecule has 1 heterocycles. The number of hydroxylamine groups is 2. The largest absolute Gasteiger partial charge is 0.471 e. The molecule has 19 heavy (non-hydrogen) atoms. The van der Waals surface area contributed by atoms with Crippen molar-refractivity contribution < 1.29 is 23.1 Å². The molecule has 0 unspecified atom stereocenters. The summed E-state index contributed by atoms with van der Waals surface area (Å²) in [5.41, 5.74) is 0.789. The van der Waals surface area contributed by atoms with E-state index in [1.807, 2.05) is 0 Å². The van der Waals surface area contributed by atoms with Gasteiger partial charge < -0.3 is 4.74 Å². The molecule has 0 saturated heterocycles. The molecule has 0 aliphatic heterocycles. The van der Waals surface area contributed by atoms with Gasteiger partial charge in [-0.15, -0.1) is 0 Å². The van der Waals surface area contributed by atoms with E-state index in [-0.39, 0.29) is 17.4 Å². The van der Waals surface area contributed by atoms with Gasteiger partial charge in [-0.1, -0.05) is 0 Å². The minimum atomic E-state index is -2.93. The average Bonchev–Trinajstić information content (AvgIpc) is 2.34. The van der Waals surface area contributed by atoms with Gasteiger partial charge in [-0.2, -0.15) is 0 Å². The zero-order valence-electron chi connectivity index (χ0n) is 11.2. The minimum absolute atomic E-state index is 0.0816. The van der Waals surface area contributed by atoms with E-state index < -0.39 is 12.5 Å². The Morgan fingerprint density at radius 2 is 2.16 bits per heavy atom. The van der Waals surface area contributed by atoms with E-state index in [2.05, 4.69) is 4.98 Å². The van der Waals surface area contributed by atoms with Gasteiger partial charge in [0.2, 0.25) is 5.88 Å². The molecule has 0 saturated carbocycles. The summed E-state index contributed by atoms with van der Waals surface area (Å²) in [7, 11) is 2.82. The third kappa shape index (κ3) is 4.44. The van der Waals surface area contributed by atoms with Crippen molar-refractivity contribution in [2.45, 2.75) is 19.8 Å². The van der Waals surface area contributed by atoms with E-state index in [1.54, 1.807) is 6.92 Å². The summed E-state index contributed by atoms with van der Waals surface area (Å²) in [6.45, 7) is 1.62. The summed E-state index contributed by atoms with van der Waals surface area (Å²) in [6, 6.07) is 1.51. The Bertz CT molecular complexity index is 461. The summed E-state index contributed by atoms with van der Waals surface area (Å²) in [5, 5.41) is 1.04. The van der Waals surface area contributed by atoms with Gasteiger partial charge in [-0.25, -0.2) is 18.8 Å². The number of rotatable bonds is 5. The molecule has 7 heteroatoms. The maximum absolute atomic E-state index is 12.7. The fourth-order valence-electron chi connectivity index (χ4n) is 1.29. The normalized spacial score (nSPS) is 11.3. The van der Waals surface area contributed by atoms with Crippen LogP contribution in [0.4, 0.5) is 8.78 Å². The Balaban J connectivity index is 2.83. The van der Waals surface area contributed by atoms with Crippen LogP contribution in [0, 0.1) is 6.92 Å². The summed E-state index contributed by atoms with van der Waals surface area (Å²) in [6.07, 6.45) is 1.26. The first-order valence-electron chi connectivity index (χ1n) is 5.54. The lowest BCUT2D eigenvalue weighted by molar-refractivity contribution is -0.0757. The van der Waals surface area contributed by atoms with Crippen molar-refractivity contribution in [2.75, 3.05) is 20.8 Å². The van der Waals surface area contributed by atoms with Crippen LogP contribution in [0.25, 0.3) is 0 Å². The number of aryl methyl sites for hydroxylation is 1. The highest BCUT2D eigenvalue weighted by atomic mass is 19.3. The van der Waals surface area contributed by atoms with E-state index in [0.717, 1.165) is 12.0 Å². The molecule has 1 aromatic rings. The highest BCUT2D eigenvalue weighted by molar-refractivity contribution is 5.93. The van der Waals surface area contributed by atoms with Crippen molar-refractivity contribution >= 4 is 5.91 Å². The number of carbonyl (C=O) groups is 1. The fourth-order valence-corrected chi connectivity index (χ4v) is 1.29. The third-order valence-corrected chi connectivity index (χ3v) is 2.30. The number of halogens is 2.